The summed E-state index contributed by atoms with van der Waals surface area (Å²) in [5, 5.41) is 19.2. The third-order valence-corrected chi connectivity index (χ3v) is 10.7. The Bertz CT molecular complexity index is 915. The van der Waals surface area contributed by atoms with Crippen LogP contribution in [0.4, 0.5) is 0 Å². The maximum Gasteiger partial charge on any atom is 0.472 e. The van der Waals surface area contributed by atoms with Crippen LogP contribution in [0.5, 0.6) is 0 Å². The molecule has 54 heavy (non-hydrogen) atoms. The van der Waals surface area contributed by atoms with Crippen molar-refractivity contribution < 1.29 is 47.8 Å². The van der Waals surface area contributed by atoms with Gasteiger partial charge in [-0.2, -0.15) is 0 Å². The first-order chi connectivity index (χ1) is 26.3. The Labute approximate surface area is 330 Å². The highest BCUT2D eigenvalue weighted by Gasteiger charge is 2.27. The Morgan fingerprint density at radius 1 is 0.481 bits per heavy atom. The summed E-state index contributed by atoms with van der Waals surface area (Å²) >= 11 is 0. The van der Waals surface area contributed by atoms with Gasteiger partial charge >= 0.3 is 19.8 Å². The largest absolute Gasteiger partial charge is 0.472 e. The van der Waals surface area contributed by atoms with Crippen LogP contribution in [0.2, 0.25) is 0 Å². The Morgan fingerprint density at radius 3 is 1.06 bits per heavy atom. The highest BCUT2D eigenvalue weighted by molar-refractivity contribution is 7.47. The van der Waals surface area contributed by atoms with Gasteiger partial charge in [-0.15, -0.1) is 0 Å². The summed E-state index contributed by atoms with van der Waals surface area (Å²) in [6.07, 6.45) is 37.5. The number of ether oxygens (including phenoxy) is 2. The van der Waals surface area contributed by atoms with E-state index in [1.54, 1.807) is 0 Å². The zero-order chi connectivity index (χ0) is 39.8. The second-order valence-corrected chi connectivity index (χ2v) is 16.5. The SMILES string of the molecule is CCCCCCCC/C=C\CCCCCCCC(=O)OC(CO)COP(=O)(O)OCC(CO)OC(=O)CCCCCCCCCCCCCCCCCC. The Hall–Kier alpha value is -1.29. The van der Waals surface area contributed by atoms with Gasteiger partial charge in [0.15, 0.2) is 0 Å². The third-order valence-electron chi connectivity index (χ3n) is 9.73. The predicted octanol–water partition coefficient (Wildman–Crippen LogP) is 11.6. The first-order valence-corrected chi connectivity index (χ1v) is 23.6. The van der Waals surface area contributed by atoms with E-state index >= 15 is 0 Å². The van der Waals surface area contributed by atoms with Gasteiger partial charge in [0.25, 0.3) is 0 Å². The maximum absolute atomic E-state index is 12.4. The first kappa shape index (κ1) is 52.7. The average Bonchev–Trinajstić information content (AvgIpc) is 3.16. The molecule has 0 saturated heterocycles. The van der Waals surface area contributed by atoms with Crippen molar-refractivity contribution >= 4 is 19.8 Å². The van der Waals surface area contributed by atoms with E-state index in [9.17, 15) is 29.3 Å². The van der Waals surface area contributed by atoms with Gasteiger partial charge in [-0.1, -0.05) is 174 Å². The van der Waals surface area contributed by atoms with Crippen molar-refractivity contribution in [3.8, 4) is 0 Å². The van der Waals surface area contributed by atoms with Crippen molar-refractivity contribution in [2.24, 2.45) is 0 Å². The molecule has 0 aromatic carbocycles. The summed E-state index contributed by atoms with van der Waals surface area (Å²) in [5.74, 6) is -1.02. The summed E-state index contributed by atoms with van der Waals surface area (Å²) < 4.78 is 32.6. The molecule has 0 fully saturated rings. The first-order valence-electron chi connectivity index (χ1n) is 22.1. The molecule has 3 N–H and O–H groups in total. The number of esters is 2. The van der Waals surface area contributed by atoms with Gasteiger partial charge in [0, 0.05) is 12.8 Å². The highest BCUT2D eigenvalue weighted by Crippen LogP contribution is 2.43. The molecule has 10 nitrogen and oxygen atoms in total. The Balaban J connectivity index is 3.90. The van der Waals surface area contributed by atoms with E-state index < -0.39 is 58.4 Å². The molecule has 0 aromatic heterocycles. The van der Waals surface area contributed by atoms with Gasteiger partial charge in [-0.05, 0) is 38.5 Å². The lowest BCUT2D eigenvalue weighted by Crippen LogP contribution is -2.28. The van der Waals surface area contributed by atoms with Crippen LogP contribution in [0, 0.1) is 0 Å². The molecule has 0 spiro atoms. The summed E-state index contributed by atoms with van der Waals surface area (Å²) in [6, 6.07) is 0. The minimum atomic E-state index is -4.63. The van der Waals surface area contributed by atoms with Crippen LogP contribution in [0.25, 0.3) is 0 Å². The zero-order valence-electron chi connectivity index (χ0n) is 34.7. The molecule has 0 aromatic rings. The van der Waals surface area contributed by atoms with E-state index in [0.29, 0.717) is 12.8 Å². The lowest BCUT2D eigenvalue weighted by atomic mass is 10.0. The molecule has 0 rings (SSSR count). The molecular formula is C43H83O10P. The fourth-order valence-corrected chi connectivity index (χ4v) is 7.07. The van der Waals surface area contributed by atoms with Crippen LogP contribution in [0.1, 0.15) is 213 Å². The quantitative estimate of drug-likeness (QED) is 0.0236. The molecule has 0 saturated carbocycles. The van der Waals surface area contributed by atoms with Gasteiger partial charge in [-0.3, -0.25) is 18.6 Å². The minimum Gasteiger partial charge on any atom is -0.457 e. The van der Waals surface area contributed by atoms with E-state index in [1.165, 1.54) is 116 Å². The van der Waals surface area contributed by atoms with Crippen molar-refractivity contribution in [2.75, 3.05) is 26.4 Å². The molecule has 0 amide bonds. The third kappa shape index (κ3) is 37.6. The van der Waals surface area contributed by atoms with E-state index in [4.69, 9.17) is 18.5 Å². The number of hydrogen-bond acceptors (Lipinski definition) is 9. The molecule has 320 valence electrons. The normalized spacial score (nSPS) is 13.9. The highest BCUT2D eigenvalue weighted by atomic mass is 31.2. The van der Waals surface area contributed by atoms with Gasteiger partial charge in [0.05, 0.1) is 26.4 Å². The fraction of sp³-hybridized carbons (Fsp3) is 0.907. The maximum atomic E-state index is 12.4. The van der Waals surface area contributed by atoms with Gasteiger partial charge < -0.3 is 24.6 Å². The molecule has 3 unspecified atom stereocenters. The van der Waals surface area contributed by atoms with E-state index in [-0.39, 0.29) is 12.8 Å². The molecule has 0 heterocycles. The van der Waals surface area contributed by atoms with E-state index in [0.717, 1.165) is 57.8 Å². The van der Waals surface area contributed by atoms with Crippen LogP contribution in [-0.2, 0) is 32.7 Å². The summed E-state index contributed by atoms with van der Waals surface area (Å²) in [4.78, 5) is 34.5. The Kier molecular flexibility index (Phi) is 39.0. The molecule has 0 aliphatic heterocycles. The van der Waals surface area contributed by atoms with Crippen molar-refractivity contribution in [2.45, 2.75) is 225 Å². The number of phosphoric ester groups is 1. The molecule has 0 aliphatic rings. The fourth-order valence-electron chi connectivity index (χ4n) is 6.29. The monoisotopic (exact) mass is 791 g/mol. The molecule has 11 heteroatoms. The van der Waals surface area contributed by atoms with Crippen molar-refractivity contribution in [1.82, 2.24) is 0 Å². The number of rotatable bonds is 42. The van der Waals surface area contributed by atoms with Crippen molar-refractivity contribution in [3.05, 3.63) is 12.2 Å². The standard InChI is InChI=1S/C43H83O10P/c1-3-5-7-9-11-13-15-17-19-21-23-25-27-29-31-33-35-43(47)53-41(37-45)39-51-54(48,49)50-38-40(36-44)52-42(46)34-32-30-28-26-24-22-20-18-16-14-12-10-8-6-4-2/h18,20,40-41,44-45H,3-17,19,21-39H2,1-2H3,(H,48,49)/b20-18-. The number of carbonyl (C=O) groups excluding carboxylic acids is 2. The van der Waals surface area contributed by atoms with Crippen LogP contribution in [0.3, 0.4) is 0 Å². The molecule has 0 bridgehead atoms. The summed E-state index contributed by atoms with van der Waals surface area (Å²) in [6.45, 7) is 2.22. The summed E-state index contributed by atoms with van der Waals surface area (Å²) in [5.41, 5.74) is 0. The van der Waals surface area contributed by atoms with Crippen LogP contribution >= 0.6 is 7.82 Å². The number of hydrogen-bond donors (Lipinski definition) is 3. The zero-order valence-corrected chi connectivity index (χ0v) is 35.6. The lowest BCUT2D eigenvalue weighted by Gasteiger charge is -2.20. The van der Waals surface area contributed by atoms with Crippen LogP contribution in [0.15, 0.2) is 12.2 Å². The number of unbranched alkanes of at least 4 members (excludes halogenated alkanes) is 26. The minimum absolute atomic E-state index is 0.185. The number of carbonyl (C=O) groups is 2. The van der Waals surface area contributed by atoms with Crippen LogP contribution < -0.4 is 0 Å². The predicted molar refractivity (Wildman–Crippen MR) is 219 cm³/mol. The average molecular weight is 791 g/mol. The van der Waals surface area contributed by atoms with Gasteiger partial charge in [0.1, 0.15) is 12.2 Å². The molecular weight excluding hydrogens is 707 g/mol. The lowest BCUT2D eigenvalue weighted by molar-refractivity contribution is -0.153. The van der Waals surface area contributed by atoms with Crippen LogP contribution in [-0.4, -0.2) is 65.7 Å². The number of phosphoric acid groups is 1. The topological polar surface area (TPSA) is 149 Å². The number of allylic oxidation sites excluding steroid dienone is 2. The molecule has 0 aliphatic carbocycles. The second-order valence-electron chi connectivity index (χ2n) is 15.0. The number of aliphatic hydroxyl groups excluding tert-OH is 2. The number of aliphatic hydroxyl groups is 2. The van der Waals surface area contributed by atoms with Crippen molar-refractivity contribution in [1.29, 1.82) is 0 Å². The van der Waals surface area contributed by atoms with Crippen molar-refractivity contribution in [3.63, 3.8) is 0 Å². The van der Waals surface area contributed by atoms with E-state index in [1.807, 2.05) is 0 Å². The Morgan fingerprint density at radius 2 is 0.759 bits per heavy atom. The van der Waals surface area contributed by atoms with E-state index in [2.05, 4.69) is 26.0 Å². The van der Waals surface area contributed by atoms with Gasteiger partial charge in [-0.25, -0.2) is 4.57 Å². The molecule has 0 radical (unpaired) electrons. The molecule has 3 atom stereocenters. The van der Waals surface area contributed by atoms with Gasteiger partial charge in [0.2, 0.25) is 0 Å². The smallest absolute Gasteiger partial charge is 0.457 e. The summed E-state index contributed by atoms with van der Waals surface area (Å²) in [7, 11) is -4.63. The second kappa shape index (κ2) is 39.9.